The first-order valence-electron chi connectivity index (χ1n) is 10.6. The lowest BCUT2D eigenvalue weighted by Crippen LogP contribution is -2.52. The molecule has 0 aliphatic carbocycles. The molecule has 26 heavy (non-hydrogen) atoms. The normalized spacial score (nSPS) is 14.0. The molecule has 0 heterocycles. The summed E-state index contributed by atoms with van der Waals surface area (Å²) in [5.74, 6) is 6.10. The van der Waals surface area contributed by atoms with Gasteiger partial charge in [-0.1, -0.05) is 71.6 Å². The molecular weight excluding hydrogens is 342 g/mol. The molecule has 154 valence electrons. The summed E-state index contributed by atoms with van der Waals surface area (Å²) in [7, 11) is 0. The Labute approximate surface area is 167 Å². The van der Waals surface area contributed by atoms with Gasteiger partial charge in [0.25, 0.3) is 0 Å². The minimum atomic E-state index is -0.489. The predicted molar refractivity (Wildman–Crippen MR) is 117 cm³/mol. The molecule has 6 heteroatoms. The summed E-state index contributed by atoms with van der Waals surface area (Å²) >= 11 is 5.43. The van der Waals surface area contributed by atoms with Crippen LogP contribution < -0.4 is 11.2 Å². The summed E-state index contributed by atoms with van der Waals surface area (Å²) < 4.78 is 0. The van der Waals surface area contributed by atoms with Crippen molar-refractivity contribution < 1.29 is 0 Å². The van der Waals surface area contributed by atoms with Crippen molar-refractivity contribution in [1.29, 1.82) is 0 Å². The van der Waals surface area contributed by atoms with Gasteiger partial charge in [-0.05, 0) is 45.8 Å². The Kier molecular flexibility index (Phi) is 14.9. The lowest BCUT2D eigenvalue weighted by Gasteiger charge is -2.29. The van der Waals surface area contributed by atoms with Gasteiger partial charge in [0.2, 0.25) is 0 Å². The lowest BCUT2D eigenvalue weighted by atomic mass is 10.1. The van der Waals surface area contributed by atoms with Crippen LogP contribution in [0.1, 0.15) is 105 Å². The molecule has 1 unspecified atom stereocenters. The molecule has 0 saturated heterocycles. The molecule has 0 fully saturated rings. The zero-order chi connectivity index (χ0) is 19.8. The average Bonchev–Trinajstić information content (AvgIpc) is 2.61. The second-order valence-corrected chi connectivity index (χ2v) is 8.13. The molecule has 0 aliphatic heterocycles. The topological polar surface area (TPSA) is 66.0 Å². The zero-order valence-corrected chi connectivity index (χ0v) is 18.7. The van der Waals surface area contributed by atoms with Gasteiger partial charge in [-0.25, -0.2) is 5.84 Å². The van der Waals surface area contributed by atoms with Crippen LogP contribution in [0.4, 0.5) is 0 Å². The first-order chi connectivity index (χ1) is 12.3. The number of rotatable bonds is 15. The number of nitrogens with zero attached hydrogens (tertiary/aromatic N) is 3. The molecule has 0 aromatic carbocycles. The van der Waals surface area contributed by atoms with Crippen molar-refractivity contribution in [3.8, 4) is 0 Å². The van der Waals surface area contributed by atoms with Gasteiger partial charge in [0, 0.05) is 6.54 Å². The fraction of sp³-hybridized carbons (Fsp3) is 0.950. The van der Waals surface area contributed by atoms with E-state index >= 15 is 0 Å². The Hall–Kier alpha value is -0.750. The van der Waals surface area contributed by atoms with Crippen LogP contribution in [0, 0.1) is 0 Å². The molecule has 0 aliphatic rings. The van der Waals surface area contributed by atoms with Gasteiger partial charge in [0.1, 0.15) is 5.66 Å². The number of azo groups is 1. The van der Waals surface area contributed by atoms with Crippen molar-refractivity contribution >= 4 is 17.3 Å². The van der Waals surface area contributed by atoms with E-state index in [4.69, 9.17) is 18.1 Å². The molecule has 3 N–H and O–H groups in total. The van der Waals surface area contributed by atoms with Crippen LogP contribution in [0.25, 0.3) is 0 Å². The highest BCUT2D eigenvalue weighted by Crippen LogP contribution is 2.14. The van der Waals surface area contributed by atoms with Crippen molar-refractivity contribution in [2.75, 3.05) is 6.54 Å². The molecule has 0 spiro atoms. The van der Waals surface area contributed by atoms with Gasteiger partial charge in [-0.2, -0.15) is 10.2 Å². The van der Waals surface area contributed by atoms with Gasteiger partial charge < -0.3 is 5.32 Å². The molecule has 0 saturated carbocycles. The standard InChI is InChI=1S/C20H43N5S/c1-6-8-9-10-11-12-13-14-15-16-17-25(21)19(26)22-20(5,7-2)24-23-18(3)4/h18H,6-17,21H2,1-5H3,(H,22,26). The molecule has 0 rings (SSSR count). The SMILES string of the molecule is CCCCCCCCCCCCN(N)C(=S)NC(C)(CC)N=NC(C)C. The summed E-state index contributed by atoms with van der Waals surface area (Å²) in [4.78, 5) is 0. The van der Waals surface area contributed by atoms with Gasteiger partial charge in [-0.3, -0.25) is 5.01 Å². The molecule has 0 radical (unpaired) electrons. The van der Waals surface area contributed by atoms with E-state index in [0.717, 1.165) is 19.4 Å². The number of nitrogens with one attached hydrogen (secondary N) is 1. The summed E-state index contributed by atoms with van der Waals surface area (Å²) in [5, 5.41) is 14.1. The minimum Gasteiger partial charge on any atom is -0.336 e. The fourth-order valence-corrected chi connectivity index (χ4v) is 2.91. The van der Waals surface area contributed by atoms with Crippen molar-refractivity contribution in [1.82, 2.24) is 10.3 Å². The Balaban J connectivity index is 3.88. The number of unbranched alkanes of at least 4 members (excludes halogenated alkanes) is 9. The second-order valence-electron chi connectivity index (χ2n) is 7.74. The largest absolute Gasteiger partial charge is 0.336 e. The van der Waals surface area contributed by atoms with Crippen molar-refractivity contribution in [2.24, 2.45) is 16.1 Å². The molecule has 0 bridgehead atoms. The Bertz CT molecular complexity index is 386. The maximum Gasteiger partial charge on any atom is 0.185 e. The number of hydrogen-bond donors (Lipinski definition) is 2. The van der Waals surface area contributed by atoms with Crippen LogP contribution in [0.15, 0.2) is 10.2 Å². The van der Waals surface area contributed by atoms with E-state index in [1.807, 2.05) is 20.8 Å². The van der Waals surface area contributed by atoms with Gasteiger partial charge in [-0.15, -0.1) is 0 Å². The minimum absolute atomic E-state index is 0.178. The van der Waals surface area contributed by atoms with E-state index in [1.54, 1.807) is 5.01 Å². The van der Waals surface area contributed by atoms with Crippen molar-refractivity contribution in [2.45, 2.75) is 117 Å². The first-order valence-corrected chi connectivity index (χ1v) is 11.0. The van der Waals surface area contributed by atoms with Crippen LogP contribution in [-0.4, -0.2) is 28.4 Å². The Morgan fingerprint density at radius 2 is 1.50 bits per heavy atom. The third-order valence-electron chi connectivity index (χ3n) is 4.59. The van der Waals surface area contributed by atoms with Gasteiger partial charge in [0.15, 0.2) is 5.11 Å². The lowest BCUT2D eigenvalue weighted by molar-refractivity contribution is 0.348. The molecule has 5 nitrogen and oxygen atoms in total. The van der Waals surface area contributed by atoms with Crippen LogP contribution in [-0.2, 0) is 0 Å². The van der Waals surface area contributed by atoms with E-state index in [2.05, 4.69) is 29.4 Å². The number of hydrogen-bond acceptors (Lipinski definition) is 4. The monoisotopic (exact) mass is 385 g/mol. The Morgan fingerprint density at radius 1 is 1.00 bits per heavy atom. The maximum atomic E-state index is 6.10. The molecule has 0 aromatic heterocycles. The smallest absolute Gasteiger partial charge is 0.185 e. The number of thiocarbonyl (C=S) groups is 1. The van der Waals surface area contributed by atoms with Crippen LogP contribution in [0.2, 0.25) is 0 Å². The van der Waals surface area contributed by atoms with Crippen molar-refractivity contribution in [3.63, 3.8) is 0 Å². The summed E-state index contributed by atoms with van der Waals surface area (Å²) in [6, 6.07) is 0.178. The number of hydrazine groups is 1. The first kappa shape index (κ1) is 25.2. The van der Waals surface area contributed by atoms with Crippen LogP contribution in [0.5, 0.6) is 0 Å². The van der Waals surface area contributed by atoms with Gasteiger partial charge in [0.05, 0.1) is 6.04 Å². The van der Waals surface area contributed by atoms with Crippen LogP contribution >= 0.6 is 12.2 Å². The van der Waals surface area contributed by atoms with E-state index in [9.17, 15) is 0 Å². The van der Waals surface area contributed by atoms with E-state index < -0.39 is 5.66 Å². The molecule has 1 atom stereocenters. The number of nitrogens with two attached hydrogens (primary N) is 1. The molecule has 0 amide bonds. The van der Waals surface area contributed by atoms with Gasteiger partial charge >= 0.3 is 0 Å². The maximum absolute atomic E-state index is 6.10. The highest BCUT2D eigenvalue weighted by atomic mass is 32.1. The molecule has 0 aromatic rings. The predicted octanol–water partition coefficient (Wildman–Crippen LogP) is 5.94. The summed E-state index contributed by atoms with van der Waals surface area (Å²) in [6.45, 7) is 11.1. The van der Waals surface area contributed by atoms with E-state index in [0.29, 0.717) is 5.11 Å². The van der Waals surface area contributed by atoms with E-state index in [1.165, 1.54) is 57.8 Å². The second kappa shape index (κ2) is 15.3. The summed E-state index contributed by atoms with van der Waals surface area (Å²) in [5.41, 5.74) is -0.489. The highest BCUT2D eigenvalue weighted by molar-refractivity contribution is 7.80. The zero-order valence-electron chi connectivity index (χ0n) is 17.9. The third-order valence-corrected chi connectivity index (χ3v) is 4.92. The third kappa shape index (κ3) is 13.5. The van der Waals surface area contributed by atoms with Crippen LogP contribution in [0.3, 0.4) is 0 Å². The molecular formula is C20H43N5S. The van der Waals surface area contributed by atoms with Crippen molar-refractivity contribution in [3.05, 3.63) is 0 Å². The fourth-order valence-electron chi connectivity index (χ4n) is 2.60. The summed E-state index contributed by atoms with van der Waals surface area (Å²) in [6.07, 6.45) is 14.0. The van der Waals surface area contributed by atoms with E-state index in [-0.39, 0.29) is 6.04 Å². The average molecular weight is 386 g/mol. The Morgan fingerprint density at radius 3 is 1.96 bits per heavy atom. The highest BCUT2D eigenvalue weighted by Gasteiger charge is 2.23. The quantitative estimate of drug-likeness (QED) is 0.120.